The fourth-order valence-corrected chi connectivity index (χ4v) is 7.89. The van der Waals surface area contributed by atoms with E-state index >= 15 is 0 Å². The van der Waals surface area contributed by atoms with Crippen molar-refractivity contribution in [3.05, 3.63) is 16.0 Å². The average molecular weight is 416 g/mol. The molecule has 2 atom stereocenters. The maximum Gasteiger partial charge on any atom is 0.348 e. The van der Waals surface area contributed by atoms with Gasteiger partial charge in [-0.2, -0.15) is 4.31 Å². The van der Waals surface area contributed by atoms with Crippen molar-refractivity contribution in [1.29, 1.82) is 0 Å². The number of rotatable bonds is 4. The van der Waals surface area contributed by atoms with Gasteiger partial charge >= 0.3 is 11.9 Å². The lowest BCUT2D eigenvalue weighted by Crippen LogP contribution is -2.49. The van der Waals surface area contributed by atoms with Gasteiger partial charge in [-0.25, -0.2) is 18.0 Å². The molecule has 2 fully saturated rings. The third kappa shape index (κ3) is 3.52. The van der Waals surface area contributed by atoms with Gasteiger partial charge in [-0.15, -0.1) is 11.3 Å². The summed E-state index contributed by atoms with van der Waals surface area (Å²) >= 11 is 0.797. The molecule has 0 aromatic carbocycles. The van der Waals surface area contributed by atoms with Crippen LogP contribution in [0.4, 0.5) is 0 Å². The van der Waals surface area contributed by atoms with E-state index in [-0.39, 0.29) is 26.3 Å². The number of ether oxygens (including phenoxy) is 2. The molecule has 2 heterocycles. The minimum absolute atomic E-state index is 0.0352. The molecule has 1 aromatic heterocycles. The van der Waals surface area contributed by atoms with Gasteiger partial charge in [0.2, 0.25) is 0 Å². The summed E-state index contributed by atoms with van der Waals surface area (Å²) in [4.78, 5) is 24.5. The largest absolute Gasteiger partial charge is 0.465 e. The van der Waals surface area contributed by atoms with Crippen molar-refractivity contribution in [3.63, 3.8) is 0 Å². The Labute approximate surface area is 163 Å². The number of piperidine rings is 1. The predicted octanol–water partition coefficient (Wildman–Crippen LogP) is 2.97. The molecule has 2 aliphatic rings. The monoisotopic (exact) mass is 415 g/mol. The van der Waals surface area contributed by atoms with Crippen LogP contribution in [0.5, 0.6) is 0 Å². The lowest BCUT2D eigenvalue weighted by Gasteiger charge is -2.42. The molecule has 0 radical (unpaired) electrons. The quantitative estimate of drug-likeness (QED) is 0.702. The molecule has 1 aliphatic heterocycles. The Balaban J connectivity index is 2.10. The summed E-state index contributed by atoms with van der Waals surface area (Å²) in [6, 6.07) is -0.0352. The summed E-state index contributed by atoms with van der Waals surface area (Å²) in [5.41, 5.74) is 0.232. The molecule has 27 heavy (non-hydrogen) atoms. The van der Waals surface area contributed by atoms with Crippen LogP contribution in [0.25, 0.3) is 0 Å². The highest BCUT2D eigenvalue weighted by Crippen LogP contribution is 2.41. The number of nitrogens with zero attached hydrogens (tertiary/aromatic N) is 1. The van der Waals surface area contributed by atoms with E-state index in [1.165, 1.54) is 14.2 Å². The van der Waals surface area contributed by atoms with Crippen molar-refractivity contribution < 1.29 is 27.5 Å². The van der Waals surface area contributed by atoms with E-state index in [4.69, 9.17) is 9.47 Å². The Bertz CT molecular complexity index is 842. The summed E-state index contributed by atoms with van der Waals surface area (Å²) in [7, 11) is -1.49. The lowest BCUT2D eigenvalue weighted by atomic mass is 9.79. The summed E-state index contributed by atoms with van der Waals surface area (Å²) in [5.74, 6) is -1.04. The first-order chi connectivity index (χ1) is 12.8. The number of thiophene rings is 1. The zero-order valence-corrected chi connectivity index (χ0v) is 17.5. The average Bonchev–Trinajstić information content (AvgIpc) is 3.04. The van der Waals surface area contributed by atoms with Crippen LogP contribution < -0.4 is 0 Å². The normalized spacial score (nSPS) is 23.5. The molecule has 1 aromatic rings. The Morgan fingerprint density at radius 1 is 1.04 bits per heavy atom. The molecule has 1 saturated heterocycles. The van der Waals surface area contributed by atoms with E-state index in [0.29, 0.717) is 12.5 Å². The van der Waals surface area contributed by atoms with Gasteiger partial charge in [0.1, 0.15) is 4.88 Å². The second-order valence-electron chi connectivity index (χ2n) is 7.07. The van der Waals surface area contributed by atoms with Gasteiger partial charge in [0.15, 0.2) is 4.21 Å². The number of carbonyl (C=O) groups excluding carboxylic acids is 2. The minimum Gasteiger partial charge on any atom is -0.465 e. The van der Waals surface area contributed by atoms with Gasteiger partial charge < -0.3 is 9.47 Å². The smallest absolute Gasteiger partial charge is 0.348 e. The molecule has 0 spiro atoms. The van der Waals surface area contributed by atoms with Crippen LogP contribution in [0.2, 0.25) is 0 Å². The number of fused-ring (bicyclic) bond motifs is 1. The van der Waals surface area contributed by atoms with Gasteiger partial charge in [-0.1, -0.05) is 12.8 Å². The highest BCUT2D eigenvalue weighted by molar-refractivity contribution is 7.91. The van der Waals surface area contributed by atoms with Crippen LogP contribution in [0.3, 0.4) is 0 Å². The Morgan fingerprint density at radius 3 is 2.33 bits per heavy atom. The third-order valence-electron chi connectivity index (χ3n) is 5.61. The molecule has 7 nitrogen and oxygen atoms in total. The van der Waals surface area contributed by atoms with E-state index in [2.05, 4.69) is 0 Å². The Hall–Kier alpha value is -1.45. The summed E-state index contributed by atoms with van der Waals surface area (Å²) < 4.78 is 38.1. The van der Waals surface area contributed by atoms with E-state index in [1.54, 1.807) is 11.2 Å². The molecule has 3 rings (SSSR count). The molecule has 0 N–H and O–H groups in total. The van der Waals surface area contributed by atoms with Crippen LogP contribution >= 0.6 is 11.3 Å². The van der Waals surface area contributed by atoms with Crippen LogP contribution in [0, 0.1) is 12.8 Å². The molecule has 2 unspecified atom stereocenters. The molecule has 150 valence electrons. The number of methoxy groups -OCH3 is 2. The van der Waals surface area contributed by atoms with Crippen molar-refractivity contribution in [2.45, 2.75) is 55.7 Å². The minimum atomic E-state index is -3.92. The number of esters is 2. The zero-order chi connectivity index (χ0) is 19.8. The molecule has 0 amide bonds. The number of sulfonamides is 1. The Morgan fingerprint density at radius 2 is 1.67 bits per heavy atom. The first-order valence-corrected chi connectivity index (χ1v) is 11.4. The second kappa shape index (κ2) is 7.89. The maximum atomic E-state index is 13.5. The van der Waals surface area contributed by atoms with Crippen LogP contribution in [0.15, 0.2) is 4.21 Å². The molecule has 1 saturated carbocycles. The number of carbonyl (C=O) groups is 2. The van der Waals surface area contributed by atoms with Gasteiger partial charge in [-0.3, -0.25) is 0 Å². The van der Waals surface area contributed by atoms with E-state index in [1.807, 2.05) is 0 Å². The highest BCUT2D eigenvalue weighted by Gasteiger charge is 2.43. The van der Waals surface area contributed by atoms with Gasteiger partial charge in [0.05, 0.1) is 19.8 Å². The standard InChI is InChI=1S/C18H25NO6S2/c1-11-14(16(20)24-2)18(26-15(11)17(21)25-3)27(22,23)19-10-6-8-12-7-4-5-9-13(12)19/h12-13H,4-10H2,1-3H3. The SMILES string of the molecule is COC(=O)c1sc(S(=O)(=O)N2CCCC3CCCCC32)c(C(=O)OC)c1C. The second-order valence-corrected chi connectivity index (χ2v) is 10.2. The van der Waals surface area contributed by atoms with Gasteiger partial charge in [0, 0.05) is 12.6 Å². The summed E-state index contributed by atoms with van der Waals surface area (Å²) in [5, 5.41) is 0. The van der Waals surface area contributed by atoms with Crippen molar-refractivity contribution in [3.8, 4) is 0 Å². The first kappa shape index (κ1) is 20.3. The first-order valence-electron chi connectivity index (χ1n) is 9.14. The zero-order valence-electron chi connectivity index (χ0n) is 15.8. The van der Waals surface area contributed by atoms with Gasteiger partial charge in [-0.05, 0) is 44.1 Å². The predicted molar refractivity (Wildman–Crippen MR) is 101 cm³/mol. The lowest BCUT2D eigenvalue weighted by molar-refractivity contribution is 0.0596. The highest BCUT2D eigenvalue weighted by atomic mass is 32.2. The van der Waals surface area contributed by atoms with Crippen LogP contribution in [0.1, 0.15) is 64.1 Å². The summed E-state index contributed by atoms with van der Waals surface area (Å²) in [6.07, 6.45) is 5.86. The topological polar surface area (TPSA) is 90.0 Å². The Kier molecular flexibility index (Phi) is 5.93. The van der Waals surface area contributed by atoms with E-state index in [9.17, 15) is 18.0 Å². The van der Waals surface area contributed by atoms with Crippen molar-refractivity contribution in [2.75, 3.05) is 20.8 Å². The summed E-state index contributed by atoms with van der Waals surface area (Å²) in [6.45, 7) is 1.99. The maximum absolute atomic E-state index is 13.5. The van der Waals surface area contributed by atoms with E-state index in [0.717, 1.165) is 49.9 Å². The van der Waals surface area contributed by atoms with Crippen molar-refractivity contribution >= 4 is 33.3 Å². The molecular weight excluding hydrogens is 390 g/mol. The fraction of sp³-hybridized carbons (Fsp3) is 0.667. The van der Waals surface area contributed by atoms with Crippen LogP contribution in [-0.2, 0) is 19.5 Å². The molecule has 1 aliphatic carbocycles. The van der Waals surface area contributed by atoms with Crippen molar-refractivity contribution in [2.24, 2.45) is 5.92 Å². The fourth-order valence-electron chi connectivity index (χ4n) is 4.28. The van der Waals surface area contributed by atoms with Gasteiger partial charge in [0.25, 0.3) is 10.0 Å². The molecule has 0 bridgehead atoms. The van der Waals surface area contributed by atoms with Crippen molar-refractivity contribution in [1.82, 2.24) is 4.31 Å². The molecular formula is C18H25NO6S2. The van der Waals surface area contributed by atoms with Crippen LogP contribution in [-0.4, -0.2) is 51.5 Å². The number of hydrogen-bond acceptors (Lipinski definition) is 7. The van der Waals surface area contributed by atoms with E-state index < -0.39 is 22.0 Å². The third-order valence-corrected chi connectivity index (χ3v) is 9.30. The number of hydrogen-bond donors (Lipinski definition) is 0. The molecule has 9 heteroatoms.